The molecule has 0 spiro atoms. The molecular formula is C15H20N4O3. The first-order chi connectivity index (χ1) is 10.7. The molecule has 0 unspecified atom stereocenters. The number of rotatable bonds is 8. The second-order valence-corrected chi connectivity index (χ2v) is 4.77. The van der Waals surface area contributed by atoms with Crippen molar-refractivity contribution in [2.75, 3.05) is 6.61 Å². The van der Waals surface area contributed by atoms with E-state index in [-0.39, 0.29) is 13.2 Å². The van der Waals surface area contributed by atoms with Gasteiger partial charge in [0.2, 0.25) is 0 Å². The van der Waals surface area contributed by atoms with Crippen LogP contribution in [0, 0.1) is 0 Å². The number of ether oxygens (including phenoxy) is 2. The summed E-state index contributed by atoms with van der Waals surface area (Å²) in [6, 6.07) is 7.63. The van der Waals surface area contributed by atoms with Crippen molar-refractivity contribution in [1.29, 1.82) is 0 Å². The van der Waals surface area contributed by atoms with Crippen molar-refractivity contribution >= 4 is 5.97 Å². The number of esters is 1. The highest BCUT2D eigenvalue weighted by atomic mass is 16.6. The highest BCUT2D eigenvalue weighted by molar-refractivity contribution is 5.71. The largest absolute Gasteiger partial charge is 0.482 e. The zero-order chi connectivity index (χ0) is 15.8. The Bertz CT molecular complexity index is 595. The predicted octanol–water partition coefficient (Wildman–Crippen LogP) is 1.77. The number of benzene rings is 1. The first-order valence-corrected chi connectivity index (χ1v) is 7.35. The van der Waals surface area contributed by atoms with E-state index >= 15 is 0 Å². The summed E-state index contributed by atoms with van der Waals surface area (Å²) >= 11 is 0. The van der Waals surface area contributed by atoms with Gasteiger partial charge in [-0.05, 0) is 41.0 Å². The maximum Gasteiger partial charge on any atom is 0.344 e. The van der Waals surface area contributed by atoms with Gasteiger partial charge < -0.3 is 9.47 Å². The maximum atomic E-state index is 11.7. The van der Waals surface area contributed by atoms with Crippen LogP contribution in [0.25, 0.3) is 0 Å². The van der Waals surface area contributed by atoms with Crippen molar-refractivity contribution < 1.29 is 14.3 Å². The molecule has 1 aromatic heterocycles. The Labute approximate surface area is 129 Å². The van der Waals surface area contributed by atoms with E-state index in [4.69, 9.17) is 9.47 Å². The number of carbonyl (C=O) groups is 1. The lowest BCUT2D eigenvalue weighted by Gasteiger charge is -2.07. The third-order valence-electron chi connectivity index (χ3n) is 3.09. The minimum Gasteiger partial charge on any atom is -0.482 e. The molecule has 0 atom stereocenters. The van der Waals surface area contributed by atoms with Crippen LogP contribution >= 0.6 is 0 Å². The monoisotopic (exact) mass is 304 g/mol. The SMILES string of the molecule is CCCn1nnnc1COC(=O)COc1ccc(CC)cc1. The molecule has 0 saturated heterocycles. The molecule has 0 aliphatic carbocycles. The molecule has 0 amide bonds. The van der Waals surface area contributed by atoms with Gasteiger partial charge in [-0.15, -0.1) is 5.10 Å². The number of hydrogen-bond acceptors (Lipinski definition) is 6. The highest BCUT2D eigenvalue weighted by Crippen LogP contribution is 2.12. The molecular weight excluding hydrogens is 284 g/mol. The number of nitrogens with zero attached hydrogens (tertiary/aromatic N) is 4. The van der Waals surface area contributed by atoms with Gasteiger partial charge in [0.25, 0.3) is 0 Å². The molecule has 2 aromatic rings. The first kappa shape index (κ1) is 15.9. The molecule has 7 nitrogen and oxygen atoms in total. The summed E-state index contributed by atoms with van der Waals surface area (Å²) in [5.41, 5.74) is 1.22. The molecule has 0 fully saturated rings. The minimum absolute atomic E-state index is 0.0456. The number of aryl methyl sites for hydroxylation is 2. The van der Waals surface area contributed by atoms with Gasteiger partial charge in [-0.3, -0.25) is 0 Å². The van der Waals surface area contributed by atoms with Crippen LogP contribution in [0.2, 0.25) is 0 Å². The highest BCUT2D eigenvalue weighted by Gasteiger charge is 2.10. The van der Waals surface area contributed by atoms with Gasteiger partial charge in [-0.1, -0.05) is 26.0 Å². The zero-order valence-corrected chi connectivity index (χ0v) is 12.9. The smallest absolute Gasteiger partial charge is 0.344 e. The van der Waals surface area contributed by atoms with E-state index in [1.165, 1.54) is 5.56 Å². The summed E-state index contributed by atoms with van der Waals surface area (Å²) in [5.74, 6) is 0.720. The molecule has 0 radical (unpaired) electrons. The lowest BCUT2D eigenvalue weighted by atomic mass is 10.2. The van der Waals surface area contributed by atoms with Gasteiger partial charge in [0, 0.05) is 6.54 Å². The number of aromatic nitrogens is 4. The van der Waals surface area contributed by atoms with Gasteiger partial charge in [-0.2, -0.15) is 0 Å². The van der Waals surface area contributed by atoms with Crippen LogP contribution in [0.15, 0.2) is 24.3 Å². The van der Waals surface area contributed by atoms with Crippen molar-refractivity contribution in [3.05, 3.63) is 35.7 Å². The maximum absolute atomic E-state index is 11.7. The number of carbonyl (C=O) groups excluding carboxylic acids is 1. The Morgan fingerprint density at radius 2 is 2.00 bits per heavy atom. The molecule has 0 aliphatic rings. The lowest BCUT2D eigenvalue weighted by Crippen LogP contribution is -2.16. The second-order valence-electron chi connectivity index (χ2n) is 4.77. The third-order valence-corrected chi connectivity index (χ3v) is 3.09. The van der Waals surface area contributed by atoms with Crippen LogP contribution < -0.4 is 4.74 Å². The van der Waals surface area contributed by atoms with E-state index in [1.54, 1.807) is 4.68 Å². The second kappa shape index (κ2) is 8.11. The van der Waals surface area contributed by atoms with Gasteiger partial charge in [0.05, 0.1) is 0 Å². The van der Waals surface area contributed by atoms with E-state index < -0.39 is 5.97 Å². The fourth-order valence-corrected chi connectivity index (χ4v) is 1.86. The fraction of sp³-hybridized carbons (Fsp3) is 0.467. The van der Waals surface area contributed by atoms with Crippen molar-refractivity contribution in [2.24, 2.45) is 0 Å². The molecule has 1 heterocycles. The Morgan fingerprint density at radius 3 is 2.68 bits per heavy atom. The first-order valence-electron chi connectivity index (χ1n) is 7.35. The molecule has 1 aromatic carbocycles. The minimum atomic E-state index is -0.453. The summed E-state index contributed by atoms with van der Waals surface area (Å²) in [7, 11) is 0. The predicted molar refractivity (Wildman–Crippen MR) is 79.2 cm³/mol. The summed E-state index contributed by atoms with van der Waals surface area (Å²) in [4.78, 5) is 11.7. The average Bonchev–Trinajstić information content (AvgIpc) is 2.99. The van der Waals surface area contributed by atoms with Crippen molar-refractivity contribution in [2.45, 2.75) is 39.8 Å². The van der Waals surface area contributed by atoms with Crippen LogP contribution in [-0.4, -0.2) is 32.8 Å². The Hall–Kier alpha value is -2.44. The molecule has 0 saturated carbocycles. The zero-order valence-electron chi connectivity index (χ0n) is 12.9. The van der Waals surface area contributed by atoms with Crippen molar-refractivity contribution in [1.82, 2.24) is 20.2 Å². The fourth-order valence-electron chi connectivity index (χ4n) is 1.86. The number of tetrazole rings is 1. The molecule has 0 N–H and O–H groups in total. The van der Waals surface area contributed by atoms with Gasteiger partial charge in [-0.25, -0.2) is 9.48 Å². The third kappa shape index (κ3) is 4.54. The van der Waals surface area contributed by atoms with Crippen LogP contribution in [0.1, 0.15) is 31.7 Å². The van der Waals surface area contributed by atoms with Crippen molar-refractivity contribution in [3.63, 3.8) is 0 Å². The normalized spacial score (nSPS) is 10.5. The van der Waals surface area contributed by atoms with E-state index in [9.17, 15) is 4.79 Å². The summed E-state index contributed by atoms with van der Waals surface area (Å²) in [5, 5.41) is 11.2. The molecule has 0 bridgehead atoms. The number of hydrogen-bond donors (Lipinski definition) is 0. The summed E-state index contributed by atoms with van der Waals surface area (Å²) < 4.78 is 12.1. The Morgan fingerprint density at radius 1 is 1.23 bits per heavy atom. The van der Waals surface area contributed by atoms with Crippen LogP contribution in [-0.2, 0) is 29.1 Å². The van der Waals surface area contributed by atoms with Gasteiger partial charge in [0.1, 0.15) is 5.75 Å². The van der Waals surface area contributed by atoms with E-state index in [2.05, 4.69) is 22.4 Å². The topological polar surface area (TPSA) is 79.1 Å². The van der Waals surface area contributed by atoms with Crippen LogP contribution in [0.3, 0.4) is 0 Å². The van der Waals surface area contributed by atoms with E-state index in [1.807, 2.05) is 31.2 Å². The summed E-state index contributed by atoms with van der Waals surface area (Å²) in [6.45, 7) is 4.71. The summed E-state index contributed by atoms with van der Waals surface area (Å²) in [6.07, 6.45) is 1.87. The van der Waals surface area contributed by atoms with E-state index in [0.29, 0.717) is 18.1 Å². The molecule has 0 aliphatic heterocycles. The van der Waals surface area contributed by atoms with Crippen molar-refractivity contribution in [3.8, 4) is 5.75 Å². The standard InChI is InChI=1S/C15H20N4O3/c1-3-9-19-14(16-17-18-19)10-22-15(20)11-21-13-7-5-12(4-2)6-8-13/h5-8H,3-4,9-11H2,1-2H3. The molecule has 118 valence electrons. The van der Waals surface area contributed by atoms with Gasteiger partial charge >= 0.3 is 5.97 Å². The van der Waals surface area contributed by atoms with E-state index in [0.717, 1.165) is 12.8 Å². The van der Waals surface area contributed by atoms with Crippen LogP contribution in [0.5, 0.6) is 5.75 Å². The van der Waals surface area contributed by atoms with Crippen LogP contribution in [0.4, 0.5) is 0 Å². The average molecular weight is 304 g/mol. The molecule has 22 heavy (non-hydrogen) atoms. The Balaban J connectivity index is 1.76. The Kier molecular flexibility index (Phi) is 5.88. The van der Waals surface area contributed by atoms with Gasteiger partial charge in [0.15, 0.2) is 19.0 Å². The lowest BCUT2D eigenvalue weighted by molar-refractivity contribution is -0.147. The molecule has 7 heteroatoms. The molecule has 2 rings (SSSR count). The quantitative estimate of drug-likeness (QED) is 0.692.